The number of nitrogens with zero attached hydrogens (tertiary/aromatic N) is 3. The van der Waals surface area contributed by atoms with Crippen molar-refractivity contribution in [2.45, 2.75) is 13.3 Å². The van der Waals surface area contributed by atoms with E-state index in [1.165, 1.54) is 0 Å². The van der Waals surface area contributed by atoms with Crippen LogP contribution in [0.3, 0.4) is 0 Å². The van der Waals surface area contributed by atoms with Crippen molar-refractivity contribution in [1.29, 1.82) is 0 Å². The van der Waals surface area contributed by atoms with Crippen molar-refractivity contribution in [1.82, 2.24) is 4.98 Å². The normalized spacial score (nSPS) is 17.1. The third-order valence-electron chi connectivity index (χ3n) is 3.81. The molecule has 1 saturated heterocycles. The van der Waals surface area contributed by atoms with Gasteiger partial charge in [-0.2, -0.15) is 0 Å². The lowest BCUT2D eigenvalue weighted by Crippen LogP contribution is -2.28. The average molecular weight is 346 g/mol. The Bertz CT molecular complexity index is 819. The number of anilines is 2. The molecule has 1 aliphatic rings. The van der Waals surface area contributed by atoms with E-state index in [1.54, 1.807) is 4.90 Å². The van der Waals surface area contributed by atoms with Gasteiger partial charge in [0.1, 0.15) is 6.20 Å². The minimum Gasteiger partial charge on any atom is -0.311 e. The highest BCUT2D eigenvalue weighted by Gasteiger charge is 2.36. The Morgan fingerprint density at radius 2 is 2.21 bits per heavy atom. The SMILES string of the molecule is Cc1ccccc1N1CC(C(=O)Nc2ncc([N+](=O)[O-])s2)CC1=O. The van der Waals surface area contributed by atoms with Gasteiger partial charge in [0.05, 0.1) is 10.8 Å². The highest BCUT2D eigenvalue weighted by molar-refractivity contribution is 7.18. The third kappa shape index (κ3) is 3.11. The molecule has 2 heterocycles. The van der Waals surface area contributed by atoms with Crippen molar-refractivity contribution in [2.24, 2.45) is 5.92 Å². The minimum atomic E-state index is -0.563. The number of benzene rings is 1. The van der Waals surface area contributed by atoms with E-state index in [1.807, 2.05) is 31.2 Å². The second-order valence-electron chi connectivity index (χ2n) is 5.44. The number of para-hydroxylation sites is 1. The number of nitrogens with one attached hydrogen (secondary N) is 1. The number of nitro groups is 1. The van der Waals surface area contributed by atoms with E-state index < -0.39 is 10.8 Å². The zero-order chi connectivity index (χ0) is 17.3. The fourth-order valence-corrected chi connectivity index (χ4v) is 3.23. The van der Waals surface area contributed by atoms with Crippen LogP contribution in [-0.2, 0) is 9.59 Å². The van der Waals surface area contributed by atoms with Crippen LogP contribution in [0, 0.1) is 23.0 Å². The molecule has 2 aromatic rings. The van der Waals surface area contributed by atoms with Gasteiger partial charge in [-0.3, -0.25) is 19.7 Å². The van der Waals surface area contributed by atoms with Gasteiger partial charge in [0.2, 0.25) is 11.8 Å². The van der Waals surface area contributed by atoms with Gasteiger partial charge >= 0.3 is 5.00 Å². The predicted octanol–water partition coefficient (Wildman–Crippen LogP) is 2.35. The Labute approximate surface area is 141 Å². The number of aryl methyl sites for hydroxylation is 1. The minimum absolute atomic E-state index is 0.105. The largest absolute Gasteiger partial charge is 0.345 e. The second-order valence-corrected chi connectivity index (χ2v) is 6.45. The summed E-state index contributed by atoms with van der Waals surface area (Å²) in [4.78, 5) is 40.0. The molecule has 9 heteroatoms. The van der Waals surface area contributed by atoms with Crippen LogP contribution in [0.15, 0.2) is 30.5 Å². The monoisotopic (exact) mass is 346 g/mol. The first-order valence-electron chi connectivity index (χ1n) is 7.23. The molecule has 1 fully saturated rings. The van der Waals surface area contributed by atoms with Crippen molar-refractivity contribution >= 4 is 39.0 Å². The highest BCUT2D eigenvalue weighted by atomic mass is 32.1. The van der Waals surface area contributed by atoms with E-state index in [-0.39, 0.29) is 34.9 Å². The van der Waals surface area contributed by atoms with Gasteiger partial charge in [-0.25, -0.2) is 4.98 Å². The number of hydrogen-bond acceptors (Lipinski definition) is 6. The molecular formula is C15H14N4O4S. The Kier molecular flexibility index (Phi) is 4.26. The number of hydrogen-bond donors (Lipinski definition) is 1. The molecule has 1 aromatic heterocycles. The van der Waals surface area contributed by atoms with Gasteiger partial charge in [-0.15, -0.1) is 0 Å². The highest BCUT2D eigenvalue weighted by Crippen LogP contribution is 2.30. The summed E-state index contributed by atoms with van der Waals surface area (Å²) in [5, 5.41) is 13.2. The topological polar surface area (TPSA) is 105 Å². The number of thiazole rings is 1. The van der Waals surface area contributed by atoms with Crippen LogP contribution in [0.5, 0.6) is 0 Å². The summed E-state index contributed by atoms with van der Waals surface area (Å²) in [5.41, 5.74) is 1.75. The predicted molar refractivity (Wildman–Crippen MR) is 89.0 cm³/mol. The molecule has 1 N–H and O–H groups in total. The van der Waals surface area contributed by atoms with Crippen LogP contribution in [0.2, 0.25) is 0 Å². The number of carbonyl (C=O) groups is 2. The zero-order valence-electron chi connectivity index (χ0n) is 12.8. The molecule has 2 amide bonds. The van der Waals surface area contributed by atoms with E-state index in [4.69, 9.17) is 0 Å². The first-order chi connectivity index (χ1) is 11.5. The van der Waals surface area contributed by atoms with Gasteiger partial charge in [-0.05, 0) is 29.9 Å². The molecule has 0 aliphatic carbocycles. The first kappa shape index (κ1) is 16.1. The third-order valence-corrected chi connectivity index (χ3v) is 4.67. The summed E-state index contributed by atoms with van der Waals surface area (Å²) in [6, 6.07) is 7.49. The van der Waals surface area contributed by atoms with Gasteiger partial charge in [-0.1, -0.05) is 18.2 Å². The maximum absolute atomic E-state index is 12.3. The zero-order valence-corrected chi connectivity index (χ0v) is 13.6. The molecule has 0 spiro atoms. The maximum atomic E-state index is 12.3. The van der Waals surface area contributed by atoms with Gasteiger partial charge < -0.3 is 10.2 Å². The summed E-state index contributed by atoms with van der Waals surface area (Å²) in [5.74, 6) is -0.988. The molecule has 0 bridgehead atoms. The van der Waals surface area contributed by atoms with Gasteiger partial charge in [0, 0.05) is 18.7 Å². The standard InChI is InChI=1S/C15H14N4O4S/c1-9-4-2-3-5-11(9)18-8-10(6-12(18)20)14(21)17-15-16-7-13(24-15)19(22)23/h2-5,7,10H,6,8H2,1H3,(H,16,17,21). The van der Waals surface area contributed by atoms with E-state index in [0.29, 0.717) is 0 Å². The molecule has 1 aromatic carbocycles. The number of aromatic nitrogens is 1. The molecule has 24 heavy (non-hydrogen) atoms. The Hall–Kier alpha value is -2.81. The summed E-state index contributed by atoms with van der Waals surface area (Å²) in [7, 11) is 0. The summed E-state index contributed by atoms with van der Waals surface area (Å²) >= 11 is 0.788. The number of carbonyl (C=O) groups excluding carboxylic acids is 2. The Balaban J connectivity index is 1.70. The first-order valence-corrected chi connectivity index (χ1v) is 8.04. The molecule has 8 nitrogen and oxygen atoms in total. The average Bonchev–Trinajstić information content (AvgIpc) is 3.15. The van der Waals surface area contributed by atoms with E-state index in [9.17, 15) is 19.7 Å². The molecule has 0 saturated carbocycles. The summed E-state index contributed by atoms with van der Waals surface area (Å²) in [6.07, 6.45) is 1.20. The van der Waals surface area contributed by atoms with Gasteiger partial charge in [0.25, 0.3) is 0 Å². The van der Waals surface area contributed by atoms with Crippen LogP contribution in [0.25, 0.3) is 0 Å². The lowest BCUT2D eigenvalue weighted by atomic mass is 10.1. The van der Waals surface area contributed by atoms with Crippen LogP contribution in [-0.4, -0.2) is 28.3 Å². The molecule has 1 unspecified atom stereocenters. The number of amides is 2. The van der Waals surface area contributed by atoms with Crippen molar-refractivity contribution in [2.75, 3.05) is 16.8 Å². The summed E-state index contributed by atoms with van der Waals surface area (Å²) < 4.78 is 0. The quantitative estimate of drug-likeness (QED) is 0.676. The number of rotatable bonds is 4. The molecule has 1 aliphatic heterocycles. The fraction of sp³-hybridized carbons (Fsp3) is 0.267. The lowest BCUT2D eigenvalue weighted by Gasteiger charge is -2.18. The molecule has 124 valence electrons. The van der Waals surface area contributed by atoms with Crippen molar-refractivity contribution in [3.05, 3.63) is 46.1 Å². The Morgan fingerprint density at radius 1 is 1.46 bits per heavy atom. The van der Waals surface area contributed by atoms with Gasteiger partial charge in [0.15, 0.2) is 5.13 Å². The van der Waals surface area contributed by atoms with Crippen LogP contribution in [0.1, 0.15) is 12.0 Å². The van der Waals surface area contributed by atoms with Crippen LogP contribution < -0.4 is 10.2 Å². The smallest absolute Gasteiger partial charge is 0.311 e. The Morgan fingerprint density at radius 3 is 2.88 bits per heavy atom. The lowest BCUT2D eigenvalue weighted by molar-refractivity contribution is -0.380. The maximum Gasteiger partial charge on any atom is 0.345 e. The van der Waals surface area contributed by atoms with E-state index in [0.717, 1.165) is 28.8 Å². The molecular weight excluding hydrogens is 332 g/mol. The second kappa shape index (κ2) is 6.36. The molecule has 3 rings (SSSR count). The molecule has 1 atom stereocenters. The van der Waals surface area contributed by atoms with Crippen molar-refractivity contribution < 1.29 is 14.5 Å². The van der Waals surface area contributed by atoms with Crippen molar-refractivity contribution in [3.63, 3.8) is 0 Å². The summed E-state index contributed by atoms with van der Waals surface area (Å²) in [6.45, 7) is 2.19. The fourth-order valence-electron chi connectivity index (χ4n) is 2.60. The van der Waals surface area contributed by atoms with Crippen molar-refractivity contribution in [3.8, 4) is 0 Å². The molecule has 0 radical (unpaired) electrons. The van der Waals surface area contributed by atoms with Crippen LogP contribution >= 0.6 is 11.3 Å². The van der Waals surface area contributed by atoms with E-state index in [2.05, 4.69) is 10.3 Å². The van der Waals surface area contributed by atoms with E-state index >= 15 is 0 Å². The van der Waals surface area contributed by atoms with Crippen LogP contribution in [0.4, 0.5) is 15.8 Å².